The highest BCUT2D eigenvalue weighted by atomic mass is 15.2. The predicted molar refractivity (Wildman–Crippen MR) is 229 cm³/mol. The van der Waals surface area contributed by atoms with Gasteiger partial charge in [-0.25, -0.2) is 9.97 Å². The fraction of sp³-hybridized carbons (Fsp3) is 0.0189. The summed E-state index contributed by atoms with van der Waals surface area (Å²) in [5, 5.41) is 0. The van der Waals surface area contributed by atoms with E-state index < -0.39 is 5.41 Å². The number of para-hydroxylation sites is 3. The Bertz CT molecular complexity index is 2850. The lowest BCUT2D eigenvalue weighted by atomic mass is 9.64. The molecule has 8 aromatic carbocycles. The Hall–Kier alpha value is -7.36. The van der Waals surface area contributed by atoms with Gasteiger partial charge in [0.25, 0.3) is 0 Å². The molecule has 1 spiro atoms. The van der Waals surface area contributed by atoms with Crippen LogP contribution in [0.4, 0.5) is 17.1 Å². The first kappa shape index (κ1) is 32.1. The van der Waals surface area contributed by atoms with Crippen molar-refractivity contribution in [1.29, 1.82) is 0 Å². The summed E-state index contributed by atoms with van der Waals surface area (Å²) in [6.45, 7) is 0. The maximum absolute atomic E-state index is 5.25. The summed E-state index contributed by atoms with van der Waals surface area (Å²) in [4.78, 5) is 12.8. The van der Waals surface area contributed by atoms with Crippen molar-refractivity contribution in [1.82, 2.24) is 9.97 Å². The topological polar surface area (TPSA) is 29.0 Å². The van der Waals surface area contributed by atoms with Crippen LogP contribution < -0.4 is 4.90 Å². The van der Waals surface area contributed by atoms with Gasteiger partial charge in [-0.05, 0) is 80.9 Å². The standard InChI is InChI=1S/C53H35N3/c1-4-16-36(17-5-1)37-28-30-38(31-29-37)48-35-49(55-52(54-48)39-18-6-2-7-19-39)40-32-33-45-43(34-40)42-22-10-11-23-44(42)53(45)46-24-12-14-26-50(46)56(41-20-8-3-9-21-41)51-27-15-13-25-47(51)53/h1-35H. The fourth-order valence-corrected chi connectivity index (χ4v) is 9.05. The molecular weight excluding hydrogens is 679 g/mol. The molecule has 0 bridgehead atoms. The Balaban J connectivity index is 1.11. The summed E-state index contributed by atoms with van der Waals surface area (Å²) in [5.74, 6) is 0.707. The third-order valence-electron chi connectivity index (χ3n) is 11.5. The minimum absolute atomic E-state index is 0.505. The first-order valence-corrected chi connectivity index (χ1v) is 19.2. The van der Waals surface area contributed by atoms with Crippen LogP contribution in [-0.4, -0.2) is 9.97 Å². The van der Waals surface area contributed by atoms with E-state index in [2.05, 4.69) is 199 Å². The maximum atomic E-state index is 5.25. The van der Waals surface area contributed by atoms with Crippen LogP contribution in [0.25, 0.3) is 56.2 Å². The van der Waals surface area contributed by atoms with E-state index in [-0.39, 0.29) is 0 Å². The van der Waals surface area contributed by atoms with Crippen molar-refractivity contribution in [2.24, 2.45) is 0 Å². The van der Waals surface area contributed by atoms with Crippen molar-refractivity contribution < 1.29 is 0 Å². The van der Waals surface area contributed by atoms with Gasteiger partial charge in [0.1, 0.15) is 0 Å². The molecule has 1 aliphatic heterocycles. The molecule has 9 aromatic rings. The molecule has 0 amide bonds. The fourth-order valence-electron chi connectivity index (χ4n) is 9.05. The van der Waals surface area contributed by atoms with E-state index in [4.69, 9.17) is 9.97 Å². The summed E-state index contributed by atoms with van der Waals surface area (Å²) in [6.07, 6.45) is 0. The van der Waals surface area contributed by atoms with Crippen molar-refractivity contribution in [3.8, 4) is 56.2 Å². The normalized spacial score (nSPS) is 13.1. The summed E-state index contributed by atoms with van der Waals surface area (Å²) in [5.41, 5.74) is 17.9. The Morgan fingerprint density at radius 3 is 1.45 bits per heavy atom. The van der Waals surface area contributed by atoms with Crippen LogP contribution in [0.2, 0.25) is 0 Å². The number of aromatic nitrogens is 2. The van der Waals surface area contributed by atoms with Gasteiger partial charge >= 0.3 is 0 Å². The molecule has 1 aliphatic carbocycles. The highest BCUT2D eigenvalue weighted by Gasteiger charge is 2.51. The molecule has 3 nitrogen and oxygen atoms in total. The minimum Gasteiger partial charge on any atom is -0.310 e. The zero-order valence-corrected chi connectivity index (χ0v) is 30.5. The molecule has 56 heavy (non-hydrogen) atoms. The summed E-state index contributed by atoms with van der Waals surface area (Å²) >= 11 is 0. The van der Waals surface area contributed by atoms with Crippen molar-refractivity contribution in [2.75, 3.05) is 4.90 Å². The molecule has 0 radical (unpaired) electrons. The summed E-state index contributed by atoms with van der Waals surface area (Å²) in [7, 11) is 0. The van der Waals surface area contributed by atoms with Crippen LogP contribution in [-0.2, 0) is 5.41 Å². The molecule has 2 aliphatic rings. The molecule has 11 rings (SSSR count). The van der Waals surface area contributed by atoms with Gasteiger partial charge in [0.15, 0.2) is 5.82 Å². The molecule has 0 atom stereocenters. The lowest BCUT2D eigenvalue weighted by Crippen LogP contribution is -2.36. The maximum Gasteiger partial charge on any atom is 0.160 e. The first-order valence-electron chi connectivity index (χ1n) is 19.2. The van der Waals surface area contributed by atoms with E-state index in [1.54, 1.807) is 0 Å². The smallest absolute Gasteiger partial charge is 0.160 e. The Morgan fingerprint density at radius 2 is 0.786 bits per heavy atom. The van der Waals surface area contributed by atoms with Gasteiger partial charge in [0, 0.05) is 22.4 Å². The van der Waals surface area contributed by atoms with Gasteiger partial charge in [-0.15, -0.1) is 0 Å². The van der Waals surface area contributed by atoms with Gasteiger partial charge in [-0.1, -0.05) is 176 Å². The van der Waals surface area contributed by atoms with Crippen LogP contribution in [0.5, 0.6) is 0 Å². The second-order valence-corrected chi connectivity index (χ2v) is 14.5. The molecule has 0 saturated carbocycles. The molecule has 2 heterocycles. The van der Waals surface area contributed by atoms with E-state index in [9.17, 15) is 0 Å². The predicted octanol–water partition coefficient (Wildman–Crippen LogP) is 13.3. The largest absolute Gasteiger partial charge is 0.310 e. The highest BCUT2D eigenvalue weighted by Crippen LogP contribution is 2.63. The summed E-state index contributed by atoms with van der Waals surface area (Å²) in [6, 6.07) is 76.2. The molecule has 0 fully saturated rings. The van der Waals surface area contributed by atoms with Gasteiger partial charge < -0.3 is 4.90 Å². The molecule has 3 heteroatoms. The average Bonchev–Trinajstić information content (AvgIpc) is 3.57. The van der Waals surface area contributed by atoms with Crippen molar-refractivity contribution >= 4 is 17.1 Å². The monoisotopic (exact) mass is 713 g/mol. The second-order valence-electron chi connectivity index (χ2n) is 14.5. The third kappa shape index (κ3) is 4.91. The minimum atomic E-state index is -0.505. The van der Waals surface area contributed by atoms with E-state index in [0.717, 1.165) is 33.8 Å². The zero-order chi connectivity index (χ0) is 37.1. The number of rotatable bonds is 5. The van der Waals surface area contributed by atoms with Crippen molar-refractivity contribution in [3.63, 3.8) is 0 Å². The SMILES string of the molecule is c1ccc(-c2ccc(-c3cc(-c4ccc5c(c4)-c4ccccc4C54c5ccccc5N(c5ccccc5)c5ccccc54)nc(-c4ccccc4)n3)cc2)cc1. The first-order chi connectivity index (χ1) is 27.8. The molecule has 0 N–H and O–H groups in total. The van der Waals surface area contributed by atoms with Gasteiger partial charge in [-0.3, -0.25) is 0 Å². The number of benzene rings is 8. The lowest BCUT2D eigenvalue weighted by molar-refractivity contribution is 0.752. The van der Waals surface area contributed by atoms with Crippen LogP contribution >= 0.6 is 0 Å². The average molecular weight is 714 g/mol. The quantitative estimate of drug-likeness (QED) is 0.178. The number of anilines is 3. The number of hydrogen-bond acceptors (Lipinski definition) is 3. The molecule has 0 unspecified atom stereocenters. The van der Waals surface area contributed by atoms with Crippen LogP contribution in [0.15, 0.2) is 212 Å². The van der Waals surface area contributed by atoms with Crippen LogP contribution in [0.3, 0.4) is 0 Å². The van der Waals surface area contributed by atoms with E-state index >= 15 is 0 Å². The molecule has 0 saturated heterocycles. The molecular formula is C53H35N3. The summed E-state index contributed by atoms with van der Waals surface area (Å²) < 4.78 is 0. The van der Waals surface area contributed by atoms with Gasteiger partial charge in [0.2, 0.25) is 0 Å². The Kier molecular flexibility index (Phi) is 7.39. The number of nitrogens with zero attached hydrogens (tertiary/aromatic N) is 3. The van der Waals surface area contributed by atoms with E-state index in [1.165, 1.54) is 55.9 Å². The van der Waals surface area contributed by atoms with E-state index in [1.807, 2.05) is 18.2 Å². The third-order valence-corrected chi connectivity index (χ3v) is 11.5. The second kappa shape index (κ2) is 12.9. The van der Waals surface area contributed by atoms with Gasteiger partial charge in [0.05, 0.1) is 28.2 Å². The molecule has 1 aromatic heterocycles. The highest BCUT2D eigenvalue weighted by molar-refractivity contribution is 5.96. The number of fused-ring (bicyclic) bond motifs is 9. The van der Waals surface area contributed by atoms with Gasteiger partial charge in [-0.2, -0.15) is 0 Å². The van der Waals surface area contributed by atoms with Crippen LogP contribution in [0.1, 0.15) is 22.3 Å². The Labute approximate surface area is 326 Å². The molecule has 262 valence electrons. The Morgan fingerprint density at radius 1 is 0.321 bits per heavy atom. The lowest BCUT2D eigenvalue weighted by Gasteiger charge is -2.45. The zero-order valence-electron chi connectivity index (χ0n) is 30.5. The van der Waals surface area contributed by atoms with E-state index in [0.29, 0.717) is 5.82 Å². The van der Waals surface area contributed by atoms with Crippen molar-refractivity contribution in [2.45, 2.75) is 5.41 Å². The number of hydrogen-bond donors (Lipinski definition) is 0. The van der Waals surface area contributed by atoms with Crippen LogP contribution in [0, 0.1) is 0 Å². The van der Waals surface area contributed by atoms with Crippen molar-refractivity contribution in [3.05, 3.63) is 235 Å².